The third kappa shape index (κ3) is 3.87. The molecule has 0 N–H and O–H groups in total. The van der Waals surface area contributed by atoms with Crippen molar-refractivity contribution in [3.63, 3.8) is 0 Å². The zero-order valence-electron chi connectivity index (χ0n) is 17.1. The lowest BCUT2D eigenvalue weighted by Gasteiger charge is -2.35. The maximum Gasteiger partial charge on any atom is 0.256 e. The first-order valence-corrected chi connectivity index (χ1v) is 10.0. The van der Waals surface area contributed by atoms with Gasteiger partial charge in [0.2, 0.25) is 0 Å². The van der Waals surface area contributed by atoms with Crippen LogP contribution < -0.4 is 9.64 Å². The SMILES string of the molecule is CCOc1ccc(C(=O)N2CCN(c3cc(C(C)C)n4cnnc4n3)CC2)cc1. The van der Waals surface area contributed by atoms with Crippen molar-refractivity contribution in [1.29, 1.82) is 0 Å². The van der Waals surface area contributed by atoms with Crippen LogP contribution in [0.15, 0.2) is 36.7 Å². The summed E-state index contributed by atoms with van der Waals surface area (Å²) in [5, 5.41) is 8.11. The van der Waals surface area contributed by atoms with Gasteiger partial charge in [-0.2, -0.15) is 4.98 Å². The van der Waals surface area contributed by atoms with Gasteiger partial charge in [-0.25, -0.2) is 0 Å². The molecule has 0 bridgehead atoms. The van der Waals surface area contributed by atoms with Crippen LogP contribution >= 0.6 is 0 Å². The van der Waals surface area contributed by atoms with E-state index in [0.29, 0.717) is 37.0 Å². The van der Waals surface area contributed by atoms with E-state index in [1.165, 1.54) is 0 Å². The summed E-state index contributed by atoms with van der Waals surface area (Å²) in [6.07, 6.45) is 1.70. The van der Waals surface area contributed by atoms with Crippen LogP contribution in [0.1, 0.15) is 42.7 Å². The maximum atomic E-state index is 12.8. The molecule has 0 radical (unpaired) electrons. The topological polar surface area (TPSA) is 75.9 Å². The number of aromatic nitrogens is 4. The minimum Gasteiger partial charge on any atom is -0.494 e. The lowest BCUT2D eigenvalue weighted by Crippen LogP contribution is -2.49. The van der Waals surface area contributed by atoms with Gasteiger partial charge in [0.15, 0.2) is 0 Å². The van der Waals surface area contributed by atoms with Crippen molar-refractivity contribution in [2.45, 2.75) is 26.7 Å². The van der Waals surface area contributed by atoms with E-state index in [4.69, 9.17) is 4.74 Å². The lowest BCUT2D eigenvalue weighted by molar-refractivity contribution is 0.0746. The Morgan fingerprint density at radius 1 is 1.14 bits per heavy atom. The van der Waals surface area contributed by atoms with Crippen molar-refractivity contribution in [1.82, 2.24) is 24.5 Å². The maximum absolute atomic E-state index is 12.8. The zero-order chi connectivity index (χ0) is 20.4. The third-order valence-electron chi connectivity index (χ3n) is 5.19. The number of benzene rings is 1. The molecule has 0 atom stereocenters. The minimum absolute atomic E-state index is 0.0523. The second-order valence-electron chi connectivity index (χ2n) is 7.43. The van der Waals surface area contributed by atoms with Crippen LogP contribution in [0.4, 0.5) is 5.82 Å². The van der Waals surface area contributed by atoms with Crippen molar-refractivity contribution in [3.05, 3.63) is 47.9 Å². The summed E-state index contributed by atoms with van der Waals surface area (Å²) in [7, 11) is 0. The summed E-state index contributed by atoms with van der Waals surface area (Å²) >= 11 is 0. The molecule has 1 aromatic carbocycles. The molecule has 1 saturated heterocycles. The van der Waals surface area contributed by atoms with E-state index in [9.17, 15) is 4.79 Å². The highest BCUT2D eigenvalue weighted by Gasteiger charge is 2.24. The molecule has 0 aliphatic carbocycles. The van der Waals surface area contributed by atoms with Crippen molar-refractivity contribution >= 4 is 17.5 Å². The molecule has 152 valence electrons. The van der Waals surface area contributed by atoms with E-state index >= 15 is 0 Å². The molecular weight excluding hydrogens is 368 g/mol. The number of carbonyl (C=O) groups is 1. The van der Waals surface area contributed by atoms with Crippen LogP contribution in [0.5, 0.6) is 5.75 Å². The van der Waals surface area contributed by atoms with E-state index in [1.54, 1.807) is 6.33 Å². The third-order valence-corrected chi connectivity index (χ3v) is 5.19. The molecule has 3 heterocycles. The predicted octanol–water partition coefficient (Wildman–Crippen LogP) is 2.61. The Morgan fingerprint density at radius 3 is 2.52 bits per heavy atom. The molecule has 0 saturated carbocycles. The molecule has 29 heavy (non-hydrogen) atoms. The van der Waals surface area contributed by atoms with Crippen molar-refractivity contribution < 1.29 is 9.53 Å². The van der Waals surface area contributed by atoms with Crippen LogP contribution in [0, 0.1) is 0 Å². The fourth-order valence-corrected chi connectivity index (χ4v) is 3.61. The van der Waals surface area contributed by atoms with Crippen LogP contribution in [0.3, 0.4) is 0 Å². The Labute approximate surface area is 170 Å². The number of amides is 1. The smallest absolute Gasteiger partial charge is 0.256 e. The molecule has 0 spiro atoms. The summed E-state index contributed by atoms with van der Waals surface area (Å²) in [4.78, 5) is 21.6. The number of ether oxygens (including phenoxy) is 1. The largest absolute Gasteiger partial charge is 0.494 e. The van der Waals surface area contributed by atoms with Crippen LogP contribution in [-0.2, 0) is 0 Å². The molecule has 0 unspecified atom stereocenters. The molecule has 1 aliphatic heterocycles. The van der Waals surface area contributed by atoms with Gasteiger partial charge in [0.05, 0.1) is 6.61 Å². The Hall–Kier alpha value is -3.16. The number of nitrogens with zero attached hydrogens (tertiary/aromatic N) is 6. The van der Waals surface area contributed by atoms with E-state index in [0.717, 1.165) is 30.4 Å². The number of piperazine rings is 1. The van der Waals surface area contributed by atoms with Gasteiger partial charge in [0.25, 0.3) is 11.7 Å². The molecule has 2 aromatic heterocycles. The van der Waals surface area contributed by atoms with Gasteiger partial charge in [-0.1, -0.05) is 13.8 Å². The standard InChI is InChI=1S/C21H26N6O2/c1-4-29-17-7-5-16(6-8-17)20(28)26-11-9-25(10-12-26)19-13-18(15(2)3)27-14-22-24-21(27)23-19/h5-8,13-15H,4,9-12H2,1-3H3. The van der Waals surface area contributed by atoms with Gasteiger partial charge in [0, 0.05) is 43.5 Å². The van der Waals surface area contributed by atoms with Crippen LogP contribution in [0.25, 0.3) is 5.78 Å². The summed E-state index contributed by atoms with van der Waals surface area (Å²) < 4.78 is 7.38. The molecule has 1 amide bonds. The monoisotopic (exact) mass is 394 g/mol. The van der Waals surface area contributed by atoms with Crippen LogP contribution in [0.2, 0.25) is 0 Å². The first-order valence-electron chi connectivity index (χ1n) is 10.0. The van der Waals surface area contributed by atoms with Gasteiger partial charge >= 0.3 is 0 Å². The summed E-state index contributed by atoms with van der Waals surface area (Å²) in [6.45, 7) is 9.62. The predicted molar refractivity (Wildman–Crippen MR) is 111 cm³/mol. The Morgan fingerprint density at radius 2 is 1.86 bits per heavy atom. The number of carbonyl (C=O) groups excluding carboxylic acids is 1. The summed E-state index contributed by atoms with van der Waals surface area (Å²) in [5.74, 6) is 2.67. The first kappa shape index (κ1) is 19.2. The number of rotatable bonds is 5. The van der Waals surface area contributed by atoms with Gasteiger partial charge < -0.3 is 14.5 Å². The van der Waals surface area contributed by atoms with Crippen molar-refractivity contribution in [2.75, 3.05) is 37.7 Å². The number of hydrogen-bond acceptors (Lipinski definition) is 6. The molecule has 1 fully saturated rings. The Balaban J connectivity index is 1.45. The molecule has 4 rings (SSSR count). The number of fused-ring (bicyclic) bond motifs is 1. The van der Waals surface area contributed by atoms with Gasteiger partial charge in [0.1, 0.15) is 17.9 Å². The fourth-order valence-electron chi connectivity index (χ4n) is 3.61. The normalized spacial score (nSPS) is 14.6. The quantitative estimate of drug-likeness (QED) is 0.662. The zero-order valence-corrected chi connectivity index (χ0v) is 17.1. The lowest BCUT2D eigenvalue weighted by atomic mass is 10.1. The molecule has 3 aromatic rings. The molecule has 8 heteroatoms. The fraction of sp³-hybridized carbons (Fsp3) is 0.429. The molecular formula is C21H26N6O2. The van der Waals surface area contributed by atoms with E-state index in [1.807, 2.05) is 40.5 Å². The first-order chi connectivity index (χ1) is 14.1. The second-order valence-corrected chi connectivity index (χ2v) is 7.43. The molecule has 1 aliphatic rings. The van der Waals surface area contributed by atoms with Crippen molar-refractivity contribution in [3.8, 4) is 5.75 Å². The number of anilines is 1. The molecule has 8 nitrogen and oxygen atoms in total. The average Bonchev–Trinajstić information content (AvgIpc) is 3.22. The van der Waals surface area contributed by atoms with E-state index in [-0.39, 0.29) is 5.91 Å². The Bertz CT molecular complexity index is 990. The van der Waals surface area contributed by atoms with Gasteiger partial charge in [-0.15, -0.1) is 10.2 Å². The Kier molecular flexibility index (Phi) is 5.33. The van der Waals surface area contributed by atoms with Gasteiger partial charge in [-0.05, 0) is 37.1 Å². The minimum atomic E-state index is 0.0523. The highest BCUT2D eigenvalue weighted by Crippen LogP contribution is 2.22. The van der Waals surface area contributed by atoms with E-state index in [2.05, 4.69) is 40.0 Å². The average molecular weight is 394 g/mol. The van der Waals surface area contributed by atoms with E-state index < -0.39 is 0 Å². The number of hydrogen-bond donors (Lipinski definition) is 0. The summed E-state index contributed by atoms with van der Waals surface area (Å²) in [5.41, 5.74) is 1.81. The summed E-state index contributed by atoms with van der Waals surface area (Å²) in [6, 6.07) is 9.45. The second kappa shape index (κ2) is 8.06. The van der Waals surface area contributed by atoms with Gasteiger partial charge in [-0.3, -0.25) is 9.20 Å². The highest BCUT2D eigenvalue weighted by atomic mass is 16.5. The van der Waals surface area contributed by atoms with Crippen molar-refractivity contribution in [2.24, 2.45) is 0 Å². The van der Waals surface area contributed by atoms with Crippen LogP contribution in [-0.4, -0.2) is 63.2 Å². The highest BCUT2D eigenvalue weighted by molar-refractivity contribution is 5.94.